The number of carbonyl (C=O) groups excluding carboxylic acids is 1. The maximum atomic E-state index is 12.8. The van der Waals surface area contributed by atoms with Gasteiger partial charge < -0.3 is 0 Å². The Kier molecular flexibility index (Phi) is 3.82. The number of hydrogen-bond acceptors (Lipinski definition) is 3. The number of rotatable bonds is 3. The zero-order valence-corrected chi connectivity index (χ0v) is 10.7. The molecule has 0 fully saturated rings. The largest absolute Gasteiger partial charge is 0.292 e. The Labute approximate surface area is 101 Å². The fourth-order valence-corrected chi connectivity index (χ4v) is 1.85. The van der Waals surface area contributed by atoms with Gasteiger partial charge in [0.15, 0.2) is 18.9 Å². The molecule has 0 bridgehead atoms. The van der Waals surface area contributed by atoms with Crippen LogP contribution in [0.5, 0.6) is 0 Å². The van der Waals surface area contributed by atoms with Crippen LogP contribution in [0.4, 0.5) is 4.39 Å². The summed E-state index contributed by atoms with van der Waals surface area (Å²) >= 11 is 1.53. The highest BCUT2D eigenvalue weighted by molar-refractivity contribution is 14.1. The summed E-state index contributed by atoms with van der Waals surface area (Å²) in [4.78, 5) is 11.6. The molecule has 1 atom stereocenters. The van der Waals surface area contributed by atoms with Gasteiger partial charge >= 0.3 is 0 Å². The average Bonchev–Trinajstić information content (AvgIpc) is 2.14. The first-order valence-electron chi connectivity index (χ1n) is 3.95. The second-order valence-electron chi connectivity index (χ2n) is 3.02. The van der Waals surface area contributed by atoms with Gasteiger partial charge in [0.25, 0.3) is 0 Å². The standard InChI is InChI=1S/C9H8FIO3S/c1-15(13,14)9(11)8(12)6-3-2-4-7(10)5-6/h2-5,9H,1H3. The molecule has 1 aromatic carbocycles. The number of hydrogen-bond donors (Lipinski definition) is 0. The van der Waals surface area contributed by atoms with Crippen molar-refractivity contribution in [3.63, 3.8) is 0 Å². The Morgan fingerprint density at radius 2 is 2.07 bits per heavy atom. The van der Waals surface area contributed by atoms with Crippen molar-refractivity contribution in [3.8, 4) is 0 Å². The SMILES string of the molecule is CS(=O)(=O)C(I)C(=O)c1cccc(F)c1. The lowest BCUT2D eigenvalue weighted by molar-refractivity contribution is 0.101. The van der Waals surface area contributed by atoms with Gasteiger partial charge in [-0.2, -0.15) is 0 Å². The molecule has 0 saturated heterocycles. The molecule has 15 heavy (non-hydrogen) atoms. The second-order valence-corrected chi connectivity index (χ2v) is 7.24. The van der Waals surface area contributed by atoms with E-state index in [0.29, 0.717) is 0 Å². The maximum absolute atomic E-state index is 12.8. The summed E-state index contributed by atoms with van der Waals surface area (Å²) in [5, 5.41) is 0. The van der Waals surface area contributed by atoms with Gasteiger partial charge in [0.2, 0.25) is 0 Å². The van der Waals surface area contributed by atoms with Crippen LogP contribution in [0.2, 0.25) is 0 Å². The van der Waals surface area contributed by atoms with Crippen molar-refractivity contribution in [2.75, 3.05) is 6.26 Å². The average molecular weight is 342 g/mol. The van der Waals surface area contributed by atoms with Crippen LogP contribution in [0.25, 0.3) is 0 Å². The highest BCUT2D eigenvalue weighted by Crippen LogP contribution is 2.16. The van der Waals surface area contributed by atoms with Crippen LogP contribution >= 0.6 is 22.6 Å². The highest BCUT2D eigenvalue weighted by Gasteiger charge is 2.26. The molecule has 0 amide bonds. The number of alkyl halides is 1. The zero-order valence-electron chi connectivity index (χ0n) is 7.78. The number of ketones is 1. The Balaban J connectivity index is 3.06. The topological polar surface area (TPSA) is 51.2 Å². The number of halogens is 2. The minimum atomic E-state index is -3.45. The maximum Gasteiger partial charge on any atom is 0.190 e. The van der Waals surface area contributed by atoms with Crippen LogP contribution in [0.3, 0.4) is 0 Å². The lowest BCUT2D eigenvalue weighted by Gasteiger charge is -2.06. The number of carbonyl (C=O) groups is 1. The third-order valence-corrected chi connectivity index (χ3v) is 5.99. The molecule has 0 N–H and O–H groups in total. The molecule has 0 aliphatic rings. The van der Waals surface area contributed by atoms with Crippen LogP contribution < -0.4 is 0 Å². The minimum Gasteiger partial charge on any atom is -0.292 e. The summed E-state index contributed by atoms with van der Waals surface area (Å²) in [7, 11) is -3.45. The Hall–Kier alpha value is -0.500. The Morgan fingerprint density at radius 3 is 2.53 bits per heavy atom. The van der Waals surface area contributed by atoms with E-state index in [4.69, 9.17) is 0 Å². The molecule has 0 radical (unpaired) electrons. The van der Waals surface area contributed by atoms with Crippen LogP contribution in [-0.2, 0) is 9.84 Å². The molecule has 1 unspecified atom stereocenters. The summed E-state index contributed by atoms with van der Waals surface area (Å²) in [5.41, 5.74) is 0.0693. The van der Waals surface area contributed by atoms with E-state index in [1.807, 2.05) is 0 Å². The van der Waals surface area contributed by atoms with Crippen molar-refractivity contribution in [3.05, 3.63) is 35.6 Å². The van der Waals surface area contributed by atoms with Gasteiger partial charge in [0.05, 0.1) is 0 Å². The van der Waals surface area contributed by atoms with Gasteiger partial charge in [0.1, 0.15) is 5.82 Å². The highest BCUT2D eigenvalue weighted by atomic mass is 127. The molecule has 0 spiro atoms. The van der Waals surface area contributed by atoms with Gasteiger partial charge in [-0.05, 0) is 12.1 Å². The van der Waals surface area contributed by atoms with Gasteiger partial charge in [-0.25, -0.2) is 12.8 Å². The van der Waals surface area contributed by atoms with E-state index in [9.17, 15) is 17.6 Å². The van der Waals surface area contributed by atoms with Gasteiger partial charge in [-0.1, -0.05) is 34.7 Å². The molecular formula is C9H8FIO3S. The van der Waals surface area contributed by atoms with Gasteiger partial charge in [-0.15, -0.1) is 0 Å². The molecule has 0 saturated carbocycles. The number of Topliss-reactive ketones (excluding diaryl/α,β-unsaturated/α-hetero) is 1. The van der Waals surface area contributed by atoms with Crippen molar-refractivity contribution < 1.29 is 17.6 Å². The third kappa shape index (κ3) is 3.23. The fourth-order valence-electron chi connectivity index (χ4n) is 0.967. The van der Waals surface area contributed by atoms with Crippen molar-refractivity contribution >= 4 is 38.2 Å². The van der Waals surface area contributed by atoms with Crippen LogP contribution in [-0.4, -0.2) is 23.7 Å². The third-order valence-electron chi connectivity index (χ3n) is 1.69. The number of benzene rings is 1. The van der Waals surface area contributed by atoms with Crippen LogP contribution in [0.1, 0.15) is 10.4 Å². The van der Waals surface area contributed by atoms with E-state index in [1.54, 1.807) is 0 Å². The smallest absolute Gasteiger partial charge is 0.190 e. The van der Waals surface area contributed by atoms with Gasteiger partial charge in [-0.3, -0.25) is 4.79 Å². The molecule has 0 heterocycles. The molecule has 0 aromatic heterocycles. The summed E-state index contributed by atoms with van der Waals surface area (Å²) in [6, 6.07) is 4.98. The summed E-state index contributed by atoms with van der Waals surface area (Å²) < 4.78 is 33.8. The summed E-state index contributed by atoms with van der Waals surface area (Å²) in [6.07, 6.45) is 0.974. The van der Waals surface area contributed by atoms with E-state index < -0.39 is 24.7 Å². The van der Waals surface area contributed by atoms with E-state index in [2.05, 4.69) is 0 Å². The normalized spacial score (nSPS) is 13.5. The molecule has 1 rings (SSSR count). The van der Waals surface area contributed by atoms with E-state index in [0.717, 1.165) is 12.3 Å². The lowest BCUT2D eigenvalue weighted by Crippen LogP contribution is -2.23. The summed E-state index contributed by atoms with van der Waals surface area (Å²) in [6.45, 7) is 0. The first-order valence-corrected chi connectivity index (χ1v) is 7.15. The Morgan fingerprint density at radius 1 is 1.47 bits per heavy atom. The predicted octanol–water partition coefficient (Wildman–Crippen LogP) is 1.81. The molecule has 3 nitrogen and oxygen atoms in total. The van der Waals surface area contributed by atoms with Gasteiger partial charge in [0, 0.05) is 11.8 Å². The summed E-state index contributed by atoms with van der Waals surface area (Å²) in [5.74, 6) is -1.16. The van der Waals surface area contributed by atoms with Crippen molar-refractivity contribution in [1.29, 1.82) is 0 Å². The molecule has 6 heteroatoms. The van der Waals surface area contributed by atoms with E-state index >= 15 is 0 Å². The zero-order chi connectivity index (χ0) is 11.6. The second kappa shape index (κ2) is 4.56. The number of sulfone groups is 1. The lowest BCUT2D eigenvalue weighted by atomic mass is 10.1. The first kappa shape index (κ1) is 12.6. The van der Waals surface area contributed by atoms with Crippen LogP contribution in [0.15, 0.2) is 24.3 Å². The Bertz CT molecular complexity index is 484. The molecule has 1 aromatic rings. The van der Waals surface area contributed by atoms with Crippen molar-refractivity contribution in [2.24, 2.45) is 0 Å². The van der Waals surface area contributed by atoms with Crippen molar-refractivity contribution in [1.82, 2.24) is 0 Å². The monoisotopic (exact) mass is 342 g/mol. The fraction of sp³-hybridized carbons (Fsp3) is 0.222. The molecule has 0 aliphatic carbocycles. The molecular weight excluding hydrogens is 334 g/mol. The quantitative estimate of drug-likeness (QED) is 0.478. The van der Waals surface area contributed by atoms with Crippen LogP contribution in [0, 0.1) is 5.82 Å². The predicted molar refractivity (Wildman–Crippen MR) is 63.4 cm³/mol. The van der Waals surface area contributed by atoms with E-state index in [1.165, 1.54) is 40.8 Å². The van der Waals surface area contributed by atoms with Crippen molar-refractivity contribution in [2.45, 2.75) is 3.26 Å². The first-order chi connectivity index (χ1) is 6.82. The molecule has 0 aliphatic heterocycles. The van der Waals surface area contributed by atoms with E-state index in [-0.39, 0.29) is 5.56 Å². The minimum absolute atomic E-state index is 0.0693. The molecule has 82 valence electrons.